The van der Waals surface area contributed by atoms with E-state index in [0.717, 1.165) is 26.5 Å². The SMILES string of the molecule is COc1ccc(S(=O)(=O)Nc2cc(-c3nc4cccnc4s3)ccc2C)cc1. The zero-order chi connectivity index (χ0) is 19.7. The molecule has 2 aromatic heterocycles. The highest BCUT2D eigenvalue weighted by molar-refractivity contribution is 7.92. The second kappa shape index (κ2) is 7.21. The Bertz CT molecular complexity index is 1220. The Labute approximate surface area is 166 Å². The van der Waals surface area contributed by atoms with Crippen LogP contribution in [0.2, 0.25) is 0 Å². The van der Waals surface area contributed by atoms with Gasteiger partial charge in [-0.2, -0.15) is 0 Å². The number of methoxy groups -OCH3 is 1. The van der Waals surface area contributed by atoms with E-state index in [1.165, 1.54) is 30.6 Å². The van der Waals surface area contributed by atoms with E-state index >= 15 is 0 Å². The molecule has 2 heterocycles. The van der Waals surface area contributed by atoms with Crippen molar-refractivity contribution in [2.45, 2.75) is 11.8 Å². The van der Waals surface area contributed by atoms with Gasteiger partial charge < -0.3 is 4.74 Å². The van der Waals surface area contributed by atoms with Gasteiger partial charge in [0, 0.05) is 11.8 Å². The smallest absolute Gasteiger partial charge is 0.261 e. The molecule has 1 N–H and O–H groups in total. The fraction of sp³-hybridized carbons (Fsp3) is 0.100. The van der Waals surface area contributed by atoms with Crippen molar-refractivity contribution in [2.75, 3.05) is 11.8 Å². The lowest BCUT2D eigenvalue weighted by atomic mass is 10.1. The van der Waals surface area contributed by atoms with Crippen molar-refractivity contribution in [1.29, 1.82) is 0 Å². The minimum Gasteiger partial charge on any atom is -0.497 e. The Kier molecular flexibility index (Phi) is 4.74. The third kappa shape index (κ3) is 3.56. The molecule has 0 unspecified atom stereocenters. The summed E-state index contributed by atoms with van der Waals surface area (Å²) in [6.45, 7) is 1.86. The van der Waals surface area contributed by atoms with Crippen LogP contribution < -0.4 is 9.46 Å². The lowest BCUT2D eigenvalue weighted by Crippen LogP contribution is -2.13. The summed E-state index contributed by atoms with van der Waals surface area (Å²) >= 11 is 1.47. The van der Waals surface area contributed by atoms with Crippen molar-refractivity contribution in [3.05, 3.63) is 66.4 Å². The van der Waals surface area contributed by atoms with Gasteiger partial charge in [-0.3, -0.25) is 4.72 Å². The van der Waals surface area contributed by atoms with Crippen LogP contribution in [0.15, 0.2) is 65.7 Å². The summed E-state index contributed by atoms with van der Waals surface area (Å²) in [5.74, 6) is 0.599. The summed E-state index contributed by atoms with van der Waals surface area (Å²) in [6, 6.07) is 15.6. The van der Waals surface area contributed by atoms with Crippen LogP contribution in [-0.4, -0.2) is 25.5 Å². The van der Waals surface area contributed by atoms with Gasteiger partial charge in [-0.05, 0) is 55.0 Å². The summed E-state index contributed by atoms with van der Waals surface area (Å²) < 4.78 is 33.3. The molecule has 0 spiro atoms. The van der Waals surface area contributed by atoms with E-state index in [1.807, 2.05) is 31.2 Å². The molecule has 0 saturated carbocycles. The summed E-state index contributed by atoms with van der Waals surface area (Å²) in [5.41, 5.74) is 2.99. The topological polar surface area (TPSA) is 81.2 Å². The van der Waals surface area contributed by atoms with Gasteiger partial charge in [0.25, 0.3) is 10.0 Å². The van der Waals surface area contributed by atoms with Gasteiger partial charge in [0.15, 0.2) is 0 Å². The normalized spacial score (nSPS) is 11.5. The van der Waals surface area contributed by atoms with Gasteiger partial charge >= 0.3 is 0 Å². The molecule has 6 nitrogen and oxygen atoms in total. The highest BCUT2D eigenvalue weighted by Gasteiger charge is 2.17. The predicted octanol–water partition coefficient (Wildman–Crippen LogP) is 4.48. The van der Waals surface area contributed by atoms with Crippen molar-refractivity contribution >= 4 is 37.4 Å². The van der Waals surface area contributed by atoms with Gasteiger partial charge in [0.2, 0.25) is 0 Å². The molecular formula is C20H17N3O3S2. The molecule has 4 aromatic rings. The van der Waals surface area contributed by atoms with Crippen molar-refractivity contribution in [2.24, 2.45) is 0 Å². The first-order valence-corrected chi connectivity index (χ1v) is 10.8. The van der Waals surface area contributed by atoms with Crippen LogP contribution >= 0.6 is 11.3 Å². The molecule has 2 aromatic carbocycles. The van der Waals surface area contributed by atoms with Crippen molar-refractivity contribution in [1.82, 2.24) is 9.97 Å². The Morgan fingerprint density at radius 3 is 2.57 bits per heavy atom. The number of pyridine rings is 1. The van der Waals surface area contributed by atoms with Crippen molar-refractivity contribution in [3.63, 3.8) is 0 Å². The summed E-state index contributed by atoms with van der Waals surface area (Å²) in [5, 5.41) is 0.790. The molecular weight excluding hydrogens is 394 g/mol. The summed E-state index contributed by atoms with van der Waals surface area (Å²) in [7, 11) is -2.18. The molecule has 0 bridgehead atoms. The molecule has 0 aliphatic rings. The van der Waals surface area contributed by atoms with Crippen LogP contribution in [0.4, 0.5) is 5.69 Å². The molecule has 0 atom stereocenters. The number of ether oxygens (including phenoxy) is 1. The Balaban J connectivity index is 1.68. The lowest BCUT2D eigenvalue weighted by Gasteiger charge is -2.12. The maximum atomic E-state index is 12.8. The number of rotatable bonds is 5. The Morgan fingerprint density at radius 1 is 1.07 bits per heavy atom. The first-order valence-electron chi connectivity index (χ1n) is 8.46. The second-order valence-electron chi connectivity index (χ2n) is 6.16. The van der Waals surface area contributed by atoms with E-state index in [1.54, 1.807) is 24.4 Å². The second-order valence-corrected chi connectivity index (χ2v) is 8.82. The number of aromatic nitrogens is 2. The monoisotopic (exact) mass is 411 g/mol. The van der Waals surface area contributed by atoms with Gasteiger partial charge in [-0.1, -0.05) is 23.5 Å². The zero-order valence-corrected chi connectivity index (χ0v) is 16.8. The third-order valence-electron chi connectivity index (χ3n) is 4.26. The average molecular weight is 412 g/mol. The molecule has 0 saturated heterocycles. The number of thiazole rings is 1. The van der Waals surface area contributed by atoms with Crippen LogP contribution in [0.3, 0.4) is 0 Å². The van der Waals surface area contributed by atoms with E-state index in [2.05, 4.69) is 14.7 Å². The van der Waals surface area contributed by atoms with Crippen LogP contribution in [0.5, 0.6) is 5.75 Å². The number of hydrogen-bond donors (Lipinski definition) is 1. The quantitative estimate of drug-likeness (QED) is 0.524. The van der Waals surface area contributed by atoms with Gasteiger partial charge in [0.05, 0.1) is 17.7 Å². The first-order chi connectivity index (χ1) is 13.5. The van der Waals surface area contributed by atoms with Crippen molar-refractivity contribution in [3.8, 4) is 16.3 Å². The molecule has 4 rings (SSSR count). The predicted molar refractivity (Wildman–Crippen MR) is 111 cm³/mol. The van der Waals surface area contributed by atoms with E-state index in [0.29, 0.717) is 11.4 Å². The fourth-order valence-electron chi connectivity index (χ4n) is 2.72. The van der Waals surface area contributed by atoms with E-state index in [4.69, 9.17) is 4.74 Å². The molecule has 0 aliphatic carbocycles. The number of fused-ring (bicyclic) bond motifs is 1. The zero-order valence-electron chi connectivity index (χ0n) is 15.2. The number of nitrogens with one attached hydrogen (secondary N) is 1. The van der Waals surface area contributed by atoms with Crippen LogP contribution in [0.1, 0.15) is 5.56 Å². The van der Waals surface area contributed by atoms with Crippen LogP contribution in [0.25, 0.3) is 20.9 Å². The van der Waals surface area contributed by atoms with E-state index in [-0.39, 0.29) is 4.90 Å². The van der Waals surface area contributed by atoms with E-state index in [9.17, 15) is 8.42 Å². The lowest BCUT2D eigenvalue weighted by molar-refractivity contribution is 0.414. The minimum absolute atomic E-state index is 0.169. The molecule has 28 heavy (non-hydrogen) atoms. The van der Waals surface area contributed by atoms with E-state index < -0.39 is 10.0 Å². The van der Waals surface area contributed by atoms with Gasteiger partial charge in [-0.15, -0.1) is 0 Å². The van der Waals surface area contributed by atoms with Crippen molar-refractivity contribution < 1.29 is 13.2 Å². The molecule has 0 radical (unpaired) electrons. The maximum Gasteiger partial charge on any atom is 0.261 e. The van der Waals surface area contributed by atoms with Crippen LogP contribution in [0, 0.1) is 6.92 Å². The van der Waals surface area contributed by atoms with Gasteiger partial charge in [0.1, 0.15) is 21.1 Å². The number of nitrogens with zero attached hydrogens (tertiary/aromatic N) is 2. The largest absolute Gasteiger partial charge is 0.497 e. The van der Waals surface area contributed by atoms with Crippen LogP contribution in [-0.2, 0) is 10.0 Å². The molecule has 0 aliphatic heterocycles. The summed E-state index contributed by atoms with van der Waals surface area (Å²) in [4.78, 5) is 9.92. The molecule has 0 amide bonds. The number of anilines is 1. The average Bonchev–Trinajstić information content (AvgIpc) is 3.14. The highest BCUT2D eigenvalue weighted by Crippen LogP contribution is 2.32. The maximum absolute atomic E-state index is 12.8. The molecule has 8 heteroatoms. The highest BCUT2D eigenvalue weighted by atomic mass is 32.2. The first kappa shape index (κ1) is 18.4. The number of aryl methyl sites for hydroxylation is 1. The Morgan fingerprint density at radius 2 is 1.86 bits per heavy atom. The number of benzene rings is 2. The minimum atomic E-state index is -3.72. The standard InChI is InChI=1S/C20H17N3O3S2/c1-13-5-6-14(19-22-17-4-3-11-21-20(17)27-19)12-18(13)23-28(24,25)16-9-7-15(26-2)8-10-16/h3-12,23H,1-2H3. The Hall–Kier alpha value is -2.97. The number of sulfonamides is 1. The summed E-state index contributed by atoms with van der Waals surface area (Å²) in [6.07, 6.45) is 1.73. The third-order valence-corrected chi connectivity index (χ3v) is 6.67. The molecule has 142 valence electrons. The fourth-order valence-corrected chi connectivity index (χ4v) is 4.74. The number of hydrogen-bond acceptors (Lipinski definition) is 6. The van der Waals surface area contributed by atoms with Gasteiger partial charge in [-0.25, -0.2) is 18.4 Å². The molecule has 0 fully saturated rings.